The lowest BCUT2D eigenvalue weighted by atomic mass is 9.79. The summed E-state index contributed by atoms with van der Waals surface area (Å²) in [5, 5.41) is 14.0. The van der Waals surface area contributed by atoms with Crippen molar-refractivity contribution < 1.29 is 9.59 Å². The zero-order valence-electron chi connectivity index (χ0n) is 33.5. The summed E-state index contributed by atoms with van der Waals surface area (Å²) in [6, 6.07) is 42.3. The largest absolute Gasteiger partial charge is 0.352 e. The number of nitrogens with one attached hydrogen (secondary N) is 4. The van der Waals surface area contributed by atoms with Crippen LogP contribution in [0.3, 0.4) is 0 Å². The number of aryl methyl sites for hydroxylation is 4. The maximum Gasteiger partial charge on any atom is 0.199 e. The van der Waals surface area contributed by atoms with E-state index < -0.39 is 11.6 Å². The van der Waals surface area contributed by atoms with Crippen LogP contribution in [0.25, 0.3) is 22.8 Å². The Morgan fingerprint density at radius 3 is 1.00 bits per heavy atom. The van der Waals surface area contributed by atoms with Gasteiger partial charge in [0.2, 0.25) is 0 Å². The van der Waals surface area contributed by atoms with Crippen LogP contribution in [-0.2, 0) is 0 Å². The number of aromatic nitrogens is 4. The molecule has 9 rings (SSSR count). The number of hydrogen-bond acceptors (Lipinski definition) is 10. The fraction of sp³-hybridized carbons (Fsp3) is 0.0800. The topological polar surface area (TPSA) is 134 Å². The zero-order chi connectivity index (χ0) is 41.3. The van der Waals surface area contributed by atoms with Gasteiger partial charge in [-0.3, -0.25) is 19.6 Å². The van der Waals surface area contributed by atoms with Crippen molar-refractivity contribution in [2.45, 2.75) is 27.7 Å². The van der Waals surface area contributed by atoms with Gasteiger partial charge in [-0.1, -0.05) is 82.9 Å². The highest BCUT2D eigenvalue weighted by atomic mass is 16.1. The minimum atomic E-state index is -0.441. The normalized spacial score (nSPS) is 11.7. The van der Waals surface area contributed by atoms with Gasteiger partial charge < -0.3 is 21.3 Å². The van der Waals surface area contributed by atoms with Crippen LogP contribution in [0.2, 0.25) is 0 Å². The van der Waals surface area contributed by atoms with E-state index in [-0.39, 0.29) is 33.6 Å². The molecule has 0 spiro atoms. The second-order valence-corrected chi connectivity index (χ2v) is 14.9. The molecule has 0 atom stereocenters. The summed E-state index contributed by atoms with van der Waals surface area (Å²) < 4.78 is 0. The fourth-order valence-corrected chi connectivity index (χ4v) is 7.23. The highest BCUT2D eigenvalue weighted by molar-refractivity contribution is 6.36. The molecule has 0 fully saturated rings. The van der Waals surface area contributed by atoms with Crippen molar-refractivity contribution in [1.82, 2.24) is 19.9 Å². The van der Waals surface area contributed by atoms with Crippen molar-refractivity contribution in [3.8, 4) is 22.8 Å². The summed E-state index contributed by atoms with van der Waals surface area (Å²) in [4.78, 5) is 51.5. The summed E-state index contributed by atoms with van der Waals surface area (Å²) in [5.41, 5.74) is 9.74. The first kappa shape index (κ1) is 37.6. The second-order valence-electron chi connectivity index (χ2n) is 14.9. The van der Waals surface area contributed by atoms with E-state index in [1.807, 2.05) is 137 Å². The Hall–Kier alpha value is -7.98. The summed E-state index contributed by atoms with van der Waals surface area (Å²) in [5.74, 6) is -0.174. The van der Waals surface area contributed by atoms with E-state index in [0.717, 1.165) is 33.6 Å². The van der Waals surface area contributed by atoms with Crippen molar-refractivity contribution in [3.05, 3.63) is 190 Å². The molecule has 60 heavy (non-hydrogen) atoms. The number of rotatable bonds is 10. The molecule has 0 bridgehead atoms. The molecule has 1 aliphatic carbocycles. The van der Waals surface area contributed by atoms with Gasteiger partial charge in [0.25, 0.3) is 0 Å². The average molecular weight is 785 g/mol. The molecule has 292 valence electrons. The van der Waals surface area contributed by atoms with E-state index in [4.69, 9.17) is 9.97 Å². The van der Waals surface area contributed by atoms with Crippen LogP contribution in [0.4, 0.5) is 45.8 Å². The van der Waals surface area contributed by atoms with Crippen LogP contribution >= 0.6 is 0 Å². The van der Waals surface area contributed by atoms with Crippen LogP contribution < -0.4 is 21.3 Å². The number of carbonyl (C=O) groups excluding carboxylic acids is 2. The van der Waals surface area contributed by atoms with E-state index in [9.17, 15) is 0 Å². The molecule has 0 amide bonds. The molecule has 10 nitrogen and oxygen atoms in total. The Bertz CT molecular complexity index is 2700. The van der Waals surface area contributed by atoms with Crippen LogP contribution in [0.15, 0.2) is 146 Å². The molecule has 4 N–H and O–H groups in total. The van der Waals surface area contributed by atoms with Crippen LogP contribution in [-0.4, -0.2) is 31.5 Å². The number of fused-ring (bicyclic) bond motifs is 2. The zero-order valence-corrected chi connectivity index (χ0v) is 33.5. The van der Waals surface area contributed by atoms with Crippen molar-refractivity contribution in [2.24, 2.45) is 0 Å². The van der Waals surface area contributed by atoms with Gasteiger partial charge in [-0.15, -0.1) is 0 Å². The first-order valence-electron chi connectivity index (χ1n) is 19.6. The van der Waals surface area contributed by atoms with Gasteiger partial charge in [-0.2, -0.15) is 0 Å². The number of pyridine rings is 4. The lowest BCUT2D eigenvalue weighted by Crippen LogP contribution is -2.28. The average Bonchev–Trinajstić information content (AvgIpc) is 3.27. The maximum atomic E-state index is 16.1. The highest BCUT2D eigenvalue weighted by Crippen LogP contribution is 2.47. The first-order valence-corrected chi connectivity index (χ1v) is 19.6. The lowest BCUT2D eigenvalue weighted by Gasteiger charge is -2.29. The summed E-state index contributed by atoms with van der Waals surface area (Å²) >= 11 is 0. The quantitative estimate of drug-likeness (QED) is 0.106. The molecule has 0 unspecified atom stereocenters. The fourth-order valence-electron chi connectivity index (χ4n) is 7.23. The number of anilines is 8. The van der Waals surface area contributed by atoms with Gasteiger partial charge in [0.1, 0.15) is 11.4 Å². The van der Waals surface area contributed by atoms with E-state index in [2.05, 4.69) is 31.2 Å². The first-order chi connectivity index (χ1) is 29.2. The predicted octanol–water partition coefficient (Wildman–Crippen LogP) is 11.6. The van der Waals surface area contributed by atoms with Gasteiger partial charge in [0.15, 0.2) is 23.2 Å². The number of carbonyl (C=O) groups is 2. The lowest BCUT2D eigenvalue weighted by molar-refractivity contribution is 0.0980. The third kappa shape index (κ3) is 7.33. The van der Waals surface area contributed by atoms with E-state index in [1.165, 1.54) is 0 Å². The minimum Gasteiger partial charge on any atom is -0.352 e. The Kier molecular flexibility index (Phi) is 9.87. The van der Waals surface area contributed by atoms with Gasteiger partial charge in [0.05, 0.1) is 45.0 Å². The van der Waals surface area contributed by atoms with Gasteiger partial charge >= 0.3 is 0 Å². The predicted molar refractivity (Wildman–Crippen MR) is 240 cm³/mol. The molecule has 10 heteroatoms. The molecular formula is C50H40N8O2. The van der Waals surface area contributed by atoms with Crippen LogP contribution in [0, 0.1) is 27.7 Å². The number of nitrogens with zero attached hydrogens (tertiary/aromatic N) is 4. The highest BCUT2D eigenvalue weighted by Gasteiger charge is 2.42. The van der Waals surface area contributed by atoms with Crippen LogP contribution in [0.1, 0.15) is 54.1 Å². The Morgan fingerprint density at radius 2 is 0.683 bits per heavy atom. The summed E-state index contributed by atoms with van der Waals surface area (Å²) in [6.45, 7) is 8.06. The van der Waals surface area contributed by atoms with E-state index in [0.29, 0.717) is 45.8 Å². The van der Waals surface area contributed by atoms with Gasteiger partial charge in [0, 0.05) is 35.1 Å². The van der Waals surface area contributed by atoms with Crippen molar-refractivity contribution >= 4 is 57.3 Å². The van der Waals surface area contributed by atoms with Crippen molar-refractivity contribution in [2.75, 3.05) is 21.3 Å². The third-order valence-corrected chi connectivity index (χ3v) is 10.4. The van der Waals surface area contributed by atoms with E-state index >= 15 is 9.59 Å². The number of hydrogen-bond donors (Lipinski definition) is 4. The van der Waals surface area contributed by atoms with Crippen molar-refractivity contribution in [3.63, 3.8) is 0 Å². The summed E-state index contributed by atoms with van der Waals surface area (Å²) in [7, 11) is 0. The smallest absolute Gasteiger partial charge is 0.199 e. The van der Waals surface area contributed by atoms with E-state index in [1.54, 1.807) is 36.7 Å². The number of benzene rings is 4. The monoisotopic (exact) mass is 784 g/mol. The molecule has 4 heterocycles. The molecule has 1 aliphatic rings. The maximum absolute atomic E-state index is 16.1. The van der Waals surface area contributed by atoms with Gasteiger partial charge in [-0.05, 0) is 100 Å². The Balaban J connectivity index is 1.37. The molecule has 8 aromatic rings. The molecular weight excluding hydrogens is 745 g/mol. The third-order valence-electron chi connectivity index (χ3n) is 10.4. The Morgan fingerprint density at radius 1 is 0.367 bits per heavy atom. The molecule has 0 radical (unpaired) electrons. The molecule has 4 aromatic carbocycles. The molecule has 0 saturated heterocycles. The molecule has 0 saturated carbocycles. The SMILES string of the molecule is Cc1ccc(Nc2nc(-c3ccccn3)c3c(c2Nc2ccc(C)cc2)C(=O)c2c(Nc4ccc(C)cc4)c(Nc4ccc(C)cc4)nc(-c4ccccn4)c2C3=O)cc1. The second kappa shape index (κ2) is 15.8. The number of ketones is 2. The van der Waals surface area contributed by atoms with Crippen molar-refractivity contribution in [1.29, 1.82) is 0 Å². The molecule has 4 aromatic heterocycles. The Labute approximate surface area is 347 Å². The summed E-state index contributed by atoms with van der Waals surface area (Å²) in [6.07, 6.45) is 3.29. The molecule has 0 aliphatic heterocycles. The van der Waals surface area contributed by atoms with Gasteiger partial charge in [-0.25, -0.2) is 9.97 Å². The van der Waals surface area contributed by atoms with Crippen LogP contribution in [0.5, 0.6) is 0 Å². The standard InChI is InChI=1S/C50H40N8O2/c1-29-11-19-33(20-12-29)53-45-41-39(43(37-9-5-7-27-51-37)57-49(45)55-35-23-15-31(3)16-24-35)47(59)40-42(48(41)60)46(54-34-21-13-30(2)14-22-34)50(56-36-25-17-32(4)18-26-36)58-44(40)38-10-6-8-28-52-38/h5-28,53-54H,1-4H3,(H,55,57)(H,56,58). The minimum absolute atomic E-state index is 0.106.